The summed E-state index contributed by atoms with van der Waals surface area (Å²) in [5, 5.41) is 14.7. The molecular formula is C23H30N6O5. The van der Waals surface area contributed by atoms with Crippen LogP contribution >= 0.6 is 0 Å². The first-order valence-electron chi connectivity index (χ1n) is 11.1. The van der Waals surface area contributed by atoms with Gasteiger partial charge in [0.25, 0.3) is 5.56 Å². The second-order valence-corrected chi connectivity index (χ2v) is 7.69. The van der Waals surface area contributed by atoms with Crippen molar-refractivity contribution in [3.63, 3.8) is 0 Å². The number of aromatic nitrogens is 4. The molecule has 182 valence electrons. The molecule has 0 aromatic carbocycles. The Morgan fingerprint density at radius 3 is 2.68 bits per heavy atom. The van der Waals surface area contributed by atoms with E-state index in [-0.39, 0.29) is 30.4 Å². The highest BCUT2D eigenvalue weighted by molar-refractivity contribution is 5.82. The molecule has 0 unspecified atom stereocenters. The minimum atomic E-state index is -0.664. The van der Waals surface area contributed by atoms with Crippen LogP contribution in [0.4, 0.5) is 5.82 Å². The fourth-order valence-electron chi connectivity index (χ4n) is 3.18. The number of aliphatic hydroxyl groups is 1. The van der Waals surface area contributed by atoms with Crippen LogP contribution in [0, 0.1) is 0 Å². The summed E-state index contributed by atoms with van der Waals surface area (Å²) in [6.45, 7) is 4.77. The van der Waals surface area contributed by atoms with E-state index in [2.05, 4.69) is 25.6 Å². The van der Waals surface area contributed by atoms with E-state index in [0.29, 0.717) is 36.8 Å². The maximum absolute atomic E-state index is 13.2. The van der Waals surface area contributed by atoms with Crippen molar-refractivity contribution in [2.75, 3.05) is 38.7 Å². The van der Waals surface area contributed by atoms with Gasteiger partial charge in [-0.25, -0.2) is 15.0 Å². The number of hydrogen-bond acceptors (Lipinski definition) is 9. The fourth-order valence-corrected chi connectivity index (χ4v) is 3.18. The first-order chi connectivity index (χ1) is 16.4. The van der Waals surface area contributed by atoms with Gasteiger partial charge in [0, 0.05) is 49.3 Å². The van der Waals surface area contributed by atoms with E-state index in [4.69, 9.17) is 9.47 Å². The van der Waals surface area contributed by atoms with Crippen LogP contribution in [-0.4, -0.2) is 70.0 Å². The maximum Gasteiger partial charge on any atom is 0.293 e. The van der Waals surface area contributed by atoms with Crippen LogP contribution in [-0.2, 0) is 16.1 Å². The Balaban J connectivity index is 1.93. The third-order valence-electron chi connectivity index (χ3n) is 4.90. The van der Waals surface area contributed by atoms with Crippen molar-refractivity contribution in [1.29, 1.82) is 0 Å². The normalized spacial score (nSPS) is 11.9. The van der Waals surface area contributed by atoms with Gasteiger partial charge in [-0.1, -0.05) is 6.92 Å². The molecule has 1 atom stereocenters. The number of carbonyl (C=O) groups excluding carboxylic acids is 1. The highest BCUT2D eigenvalue weighted by Gasteiger charge is 2.15. The first kappa shape index (κ1) is 25.1. The SMILES string of the molecule is CCCOCCn1c(=O)c(NCC(=O)NC[C@H](C)O)nc2ncc(-c3ccc(OC)nc3)cc21. The van der Waals surface area contributed by atoms with Crippen LogP contribution in [0.3, 0.4) is 0 Å². The average molecular weight is 471 g/mol. The van der Waals surface area contributed by atoms with Crippen molar-refractivity contribution in [2.24, 2.45) is 0 Å². The van der Waals surface area contributed by atoms with Gasteiger partial charge in [0.1, 0.15) is 0 Å². The van der Waals surface area contributed by atoms with Crippen molar-refractivity contribution in [1.82, 2.24) is 24.8 Å². The summed E-state index contributed by atoms with van der Waals surface area (Å²) in [5.74, 6) is 0.147. The summed E-state index contributed by atoms with van der Waals surface area (Å²) in [7, 11) is 1.55. The zero-order valence-electron chi connectivity index (χ0n) is 19.6. The van der Waals surface area contributed by atoms with Crippen LogP contribution in [0.2, 0.25) is 0 Å². The zero-order chi connectivity index (χ0) is 24.5. The van der Waals surface area contributed by atoms with E-state index in [1.807, 2.05) is 19.1 Å². The largest absolute Gasteiger partial charge is 0.481 e. The minimum Gasteiger partial charge on any atom is -0.481 e. The van der Waals surface area contributed by atoms with Gasteiger partial charge in [0.05, 0.1) is 31.9 Å². The van der Waals surface area contributed by atoms with Crippen molar-refractivity contribution in [2.45, 2.75) is 32.9 Å². The Labute approximate surface area is 197 Å². The molecule has 0 spiro atoms. The van der Waals surface area contributed by atoms with E-state index in [1.54, 1.807) is 37.1 Å². The minimum absolute atomic E-state index is 0.0153. The molecule has 0 bridgehead atoms. The second kappa shape index (κ2) is 12.1. The Morgan fingerprint density at radius 2 is 2.00 bits per heavy atom. The number of methoxy groups -OCH3 is 1. The fraction of sp³-hybridized carbons (Fsp3) is 0.435. The van der Waals surface area contributed by atoms with Gasteiger partial charge in [-0.05, 0) is 25.5 Å². The summed E-state index contributed by atoms with van der Waals surface area (Å²) in [6, 6.07) is 5.44. The molecular weight excluding hydrogens is 440 g/mol. The van der Waals surface area contributed by atoms with Gasteiger partial charge >= 0.3 is 0 Å². The van der Waals surface area contributed by atoms with E-state index in [1.165, 1.54) is 0 Å². The lowest BCUT2D eigenvalue weighted by Crippen LogP contribution is -2.36. The number of carbonyl (C=O) groups is 1. The molecule has 11 heteroatoms. The number of anilines is 1. The van der Waals surface area contributed by atoms with E-state index < -0.39 is 6.10 Å². The van der Waals surface area contributed by atoms with Crippen LogP contribution in [0.5, 0.6) is 5.88 Å². The molecule has 3 aromatic heterocycles. The summed E-state index contributed by atoms with van der Waals surface area (Å²) in [6.07, 6.45) is 3.53. The molecule has 3 rings (SSSR count). The van der Waals surface area contributed by atoms with Gasteiger partial charge in [-0.15, -0.1) is 0 Å². The molecule has 3 aromatic rings. The van der Waals surface area contributed by atoms with Gasteiger partial charge < -0.3 is 25.2 Å². The number of amides is 1. The molecule has 0 fully saturated rings. The predicted molar refractivity (Wildman–Crippen MR) is 128 cm³/mol. The molecule has 0 radical (unpaired) electrons. The Morgan fingerprint density at radius 1 is 1.21 bits per heavy atom. The summed E-state index contributed by atoms with van der Waals surface area (Å²) in [5.41, 5.74) is 2.09. The highest BCUT2D eigenvalue weighted by atomic mass is 16.5. The van der Waals surface area contributed by atoms with Gasteiger partial charge in [0.2, 0.25) is 11.8 Å². The highest BCUT2D eigenvalue weighted by Crippen LogP contribution is 2.23. The molecule has 0 aliphatic carbocycles. The molecule has 11 nitrogen and oxygen atoms in total. The number of aliphatic hydroxyl groups excluding tert-OH is 1. The van der Waals surface area contributed by atoms with Gasteiger partial charge in [-0.3, -0.25) is 14.2 Å². The van der Waals surface area contributed by atoms with Gasteiger partial charge in [-0.2, -0.15) is 0 Å². The molecule has 0 saturated carbocycles. The Hall–Kier alpha value is -3.57. The number of nitrogens with one attached hydrogen (secondary N) is 2. The van der Waals surface area contributed by atoms with Crippen LogP contribution in [0.15, 0.2) is 35.4 Å². The number of rotatable bonds is 12. The smallest absolute Gasteiger partial charge is 0.293 e. The molecule has 3 N–H and O–H groups in total. The molecule has 3 heterocycles. The summed E-state index contributed by atoms with van der Waals surface area (Å²) < 4.78 is 12.2. The molecule has 1 amide bonds. The molecule has 0 aliphatic heterocycles. The summed E-state index contributed by atoms with van der Waals surface area (Å²) >= 11 is 0. The monoisotopic (exact) mass is 470 g/mol. The first-order valence-corrected chi connectivity index (χ1v) is 11.1. The zero-order valence-corrected chi connectivity index (χ0v) is 19.6. The maximum atomic E-state index is 13.2. The average Bonchev–Trinajstić information content (AvgIpc) is 2.85. The topological polar surface area (TPSA) is 140 Å². The van der Waals surface area contributed by atoms with E-state index in [9.17, 15) is 14.7 Å². The van der Waals surface area contributed by atoms with Gasteiger partial charge in [0.15, 0.2) is 11.5 Å². The lowest BCUT2D eigenvalue weighted by Gasteiger charge is -2.14. The number of nitrogens with zero attached hydrogens (tertiary/aromatic N) is 4. The molecule has 0 saturated heterocycles. The van der Waals surface area contributed by atoms with Crippen molar-refractivity contribution in [3.8, 4) is 17.0 Å². The third-order valence-corrected chi connectivity index (χ3v) is 4.90. The Bertz CT molecular complexity index is 1160. The van der Waals surface area contributed by atoms with Crippen LogP contribution in [0.1, 0.15) is 20.3 Å². The predicted octanol–water partition coefficient (Wildman–Crippen LogP) is 1.20. The van der Waals surface area contributed by atoms with E-state index in [0.717, 1.165) is 17.5 Å². The van der Waals surface area contributed by atoms with Crippen molar-refractivity contribution in [3.05, 3.63) is 40.9 Å². The van der Waals surface area contributed by atoms with Crippen LogP contribution in [0.25, 0.3) is 22.3 Å². The lowest BCUT2D eigenvalue weighted by molar-refractivity contribution is -0.119. The standard InChI is InChI=1S/C23H30N6O5/c1-4-8-34-9-7-29-18-10-17(16-5-6-20(33-3)25-12-16)13-26-21(18)28-22(23(29)32)27-14-19(31)24-11-15(2)30/h5-6,10,12-13,15,30H,4,7-9,11,14H2,1-3H3,(H,24,31)(H,26,27,28)/t15-/m0/s1. The number of ether oxygens (including phenoxy) is 2. The molecule has 34 heavy (non-hydrogen) atoms. The second-order valence-electron chi connectivity index (χ2n) is 7.69. The lowest BCUT2D eigenvalue weighted by atomic mass is 10.1. The van der Waals surface area contributed by atoms with Crippen molar-refractivity contribution >= 4 is 22.9 Å². The third kappa shape index (κ3) is 6.49. The Kier molecular flexibility index (Phi) is 8.88. The quantitative estimate of drug-likeness (QED) is 0.333. The number of fused-ring (bicyclic) bond motifs is 1. The number of hydrogen-bond donors (Lipinski definition) is 3. The van der Waals surface area contributed by atoms with Crippen LogP contribution < -0.4 is 20.9 Å². The number of pyridine rings is 2. The summed E-state index contributed by atoms with van der Waals surface area (Å²) in [4.78, 5) is 38.2. The van der Waals surface area contributed by atoms with Crippen molar-refractivity contribution < 1.29 is 19.4 Å². The van der Waals surface area contributed by atoms with E-state index >= 15 is 0 Å². The molecule has 0 aliphatic rings.